The Balaban J connectivity index is 1.90. The number of rotatable bonds is 4. The summed E-state index contributed by atoms with van der Waals surface area (Å²) in [6.45, 7) is 3.33. The summed E-state index contributed by atoms with van der Waals surface area (Å²) in [4.78, 5) is 14.0. The number of halogens is 1. The Morgan fingerprint density at radius 2 is 2.05 bits per heavy atom. The fourth-order valence-corrected chi connectivity index (χ4v) is 3.69. The molecule has 21 heavy (non-hydrogen) atoms. The molecule has 0 unspecified atom stereocenters. The van der Waals surface area contributed by atoms with Crippen molar-refractivity contribution >= 4 is 15.6 Å². The SMILES string of the molecule is Cc1ccc(C(=O)CCN2CCCS(=O)(=O)CC2)cc1F. The lowest BCUT2D eigenvalue weighted by Gasteiger charge is -2.18. The zero-order valence-corrected chi connectivity index (χ0v) is 13.0. The van der Waals surface area contributed by atoms with Crippen molar-refractivity contribution in [1.82, 2.24) is 4.90 Å². The maximum atomic E-state index is 13.4. The van der Waals surface area contributed by atoms with Gasteiger partial charge in [0.2, 0.25) is 0 Å². The summed E-state index contributed by atoms with van der Waals surface area (Å²) in [5.41, 5.74) is 0.893. The Hall–Kier alpha value is -1.27. The molecule has 6 heteroatoms. The molecule has 1 aromatic carbocycles. The minimum absolute atomic E-state index is 0.110. The van der Waals surface area contributed by atoms with Crippen LogP contribution in [0.5, 0.6) is 0 Å². The largest absolute Gasteiger partial charge is 0.302 e. The Morgan fingerprint density at radius 1 is 1.29 bits per heavy atom. The Kier molecular flexibility index (Phi) is 5.11. The minimum Gasteiger partial charge on any atom is -0.302 e. The first-order chi connectivity index (χ1) is 9.87. The number of ketones is 1. The number of benzene rings is 1. The van der Waals surface area contributed by atoms with Crippen LogP contribution in [0.15, 0.2) is 18.2 Å². The Bertz CT molecular complexity index is 628. The molecular weight excluding hydrogens is 293 g/mol. The average molecular weight is 313 g/mol. The van der Waals surface area contributed by atoms with Crippen molar-refractivity contribution in [2.75, 3.05) is 31.1 Å². The van der Waals surface area contributed by atoms with Gasteiger partial charge in [-0.3, -0.25) is 4.79 Å². The number of hydrogen-bond donors (Lipinski definition) is 0. The van der Waals surface area contributed by atoms with E-state index in [0.29, 0.717) is 37.2 Å². The van der Waals surface area contributed by atoms with Crippen LogP contribution in [0.1, 0.15) is 28.8 Å². The molecule has 1 aliphatic rings. The van der Waals surface area contributed by atoms with Crippen LogP contribution in [0.25, 0.3) is 0 Å². The van der Waals surface area contributed by atoms with Crippen molar-refractivity contribution in [3.63, 3.8) is 0 Å². The van der Waals surface area contributed by atoms with Gasteiger partial charge >= 0.3 is 0 Å². The fourth-order valence-electron chi connectivity index (χ4n) is 2.38. The number of Topliss-reactive ketones (excluding diaryl/α,β-unsaturated/α-hetero) is 1. The lowest BCUT2D eigenvalue weighted by molar-refractivity contribution is 0.0965. The van der Waals surface area contributed by atoms with E-state index < -0.39 is 9.84 Å². The zero-order chi connectivity index (χ0) is 15.5. The van der Waals surface area contributed by atoms with E-state index in [-0.39, 0.29) is 29.5 Å². The topological polar surface area (TPSA) is 54.5 Å². The van der Waals surface area contributed by atoms with Gasteiger partial charge in [0.1, 0.15) is 5.82 Å². The van der Waals surface area contributed by atoms with Crippen LogP contribution in [0.3, 0.4) is 0 Å². The van der Waals surface area contributed by atoms with Crippen molar-refractivity contribution < 1.29 is 17.6 Å². The molecule has 0 amide bonds. The zero-order valence-electron chi connectivity index (χ0n) is 12.1. The first-order valence-corrected chi connectivity index (χ1v) is 8.92. The van der Waals surface area contributed by atoms with Crippen LogP contribution in [0, 0.1) is 12.7 Å². The van der Waals surface area contributed by atoms with Gasteiger partial charge in [0.05, 0.1) is 11.5 Å². The highest BCUT2D eigenvalue weighted by Crippen LogP contribution is 2.12. The summed E-state index contributed by atoms with van der Waals surface area (Å²) in [6.07, 6.45) is 0.887. The lowest BCUT2D eigenvalue weighted by Crippen LogP contribution is -2.29. The maximum absolute atomic E-state index is 13.4. The van der Waals surface area contributed by atoms with Gasteiger partial charge in [-0.05, 0) is 31.5 Å². The average Bonchev–Trinajstić information content (AvgIpc) is 2.60. The Labute approximate surface area is 124 Å². The molecule has 0 spiro atoms. The molecule has 0 saturated carbocycles. The molecular formula is C15H20FNO3S. The van der Waals surface area contributed by atoms with Gasteiger partial charge in [0.25, 0.3) is 0 Å². The summed E-state index contributed by atoms with van der Waals surface area (Å²) in [7, 11) is -2.93. The molecule has 1 heterocycles. The van der Waals surface area contributed by atoms with Crippen molar-refractivity contribution in [3.05, 3.63) is 35.1 Å². The van der Waals surface area contributed by atoms with E-state index in [1.807, 2.05) is 4.90 Å². The molecule has 0 aromatic heterocycles. The molecule has 0 bridgehead atoms. The van der Waals surface area contributed by atoms with Crippen molar-refractivity contribution in [3.8, 4) is 0 Å². The van der Waals surface area contributed by atoms with E-state index in [4.69, 9.17) is 0 Å². The van der Waals surface area contributed by atoms with Gasteiger partial charge < -0.3 is 4.90 Å². The van der Waals surface area contributed by atoms with Crippen molar-refractivity contribution in [2.45, 2.75) is 19.8 Å². The molecule has 0 atom stereocenters. The van der Waals surface area contributed by atoms with Crippen LogP contribution in [-0.2, 0) is 9.84 Å². The van der Waals surface area contributed by atoms with Gasteiger partial charge in [-0.25, -0.2) is 12.8 Å². The number of nitrogens with zero attached hydrogens (tertiary/aromatic N) is 1. The molecule has 2 rings (SSSR count). The number of aryl methyl sites for hydroxylation is 1. The molecule has 1 saturated heterocycles. The summed E-state index contributed by atoms with van der Waals surface area (Å²) < 4.78 is 36.5. The summed E-state index contributed by atoms with van der Waals surface area (Å²) in [5, 5.41) is 0. The summed E-state index contributed by atoms with van der Waals surface area (Å²) >= 11 is 0. The third kappa shape index (κ3) is 4.61. The quantitative estimate of drug-likeness (QED) is 0.796. The molecule has 0 N–H and O–H groups in total. The van der Waals surface area contributed by atoms with Crippen molar-refractivity contribution in [2.24, 2.45) is 0 Å². The smallest absolute Gasteiger partial charge is 0.164 e. The van der Waals surface area contributed by atoms with Crippen LogP contribution in [0.4, 0.5) is 4.39 Å². The highest BCUT2D eigenvalue weighted by molar-refractivity contribution is 7.91. The minimum atomic E-state index is -2.93. The van der Waals surface area contributed by atoms with Crippen LogP contribution >= 0.6 is 0 Å². The summed E-state index contributed by atoms with van der Waals surface area (Å²) in [5.74, 6) is -0.108. The predicted molar refractivity (Wildman–Crippen MR) is 79.8 cm³/mol. The first kappa shape index (κ1) is 16.1. The monoisotopic (exact) mass is 313 g/mol. The third-order valence-electron chi connectivity index (χ3n) is 3.80. The van der Waals surface area contributed by atoms with E-state index in [9.17, 15) is 17.6 Å². The van der Waals surface area contributed by atoms with Gasteiger partial charge in [-0.1, -0.05) is 12.1 Å². The van der Waals surface area contributed by atoms with Gasteiger partial charge in [0.15, 0.2) is 15.6 Å². The standard InChI is InChI=1S/C15H20FNO3S/c1-12-3-4-13(11-14(12)16)15(18)5-7-17-6-2-9-21(19,20)10-8-17/h3-4,11H,2,5-10H2,1H3. The molecule has 0 radical (unpaired) electrons. The Morgan fingerprint density at radius 3 is 2.76 bits per heavy atom. The second-order valence-corrected chi connectivity index (χ2v) is 7.79. The van der Waals surface area contributed by atoms with Crippen LogP contribution in [0.2, 0.25) is 0 Å². The highest BCUT2D eigenvalue weighted by Gasteiger charge is 2.19. The van der Waals surface area contributed by atoms with E-state index in [1.165, 1.54) is 6.07 Å². The number of hydrogen-bond acceptors (Lipinski definition) is 4. The van der Waals surface area contributed by atoms with Crippen LogP contribution in [-0.4, -0.2) is 50.2 Å². The summed E-state index contributed by atoms with van der Waals surface area (Å²) in [6, 6.07) is 4.50. The van der Waals surface area contributed by atoms with E-state index >= 15 is 0 Å². The number of carbonyl (C=O) groups excluding carboxylic acids is 1. The normalized spacial score (nSPS) is 19.1. The second kappa shape index (κ2) is 6.66. The lowest BCUT2D eigenvalue weighted by atomic mass is 10.1. The molecule has 1 aliphatic heterocycles. The highest BCUT2D eigenvalue weighted by atomic mass is 32.2. The second-order valence-electron chi connectivity index (χ2n) is 5.48. The number of sulfone groups is 1. The van der Waals surface area contributed by atoms with E-state index in [1.54, 1.807) is 19.1 Å². The maximum Gasteiger partial charge on any atom is 0.164 e. The van der Waals surface area contributed by atoms with E-state index in [0.717, 1.165) is 0 Å². The third-order valence-corrected chi connectivity index (χ3v) is 5.51. The molecule has 1 fully saturated rings. The first-order valence-electron chi connectivity index (χ1n) is 7.09. The van der Waals surface area contributed by atoms with E-state index in [2.05, 4.69) is 0 Å². The fraction of sp³-hybridized carbons (Fsp3) is 0.533. The van der Waals surface area contributed by atoms with Gasteiger partial charge in [0, 0.05) is 25.1 Å². The van der Waals surface area contributed by atoms with Crippen LogP contribution < -0.4 is 0 Å². The van der Waals surface area contributed by atoms with Gasteiger partial charge in [-0.2, -0.15) is 0 Å². The molecule has 116 valence electrons. The molecule has 0 aliphatic carbocycles. The molecule has 1 aromatic rings. The van der Waals surface area contributed by atoms with Gasteiger partial charge in [-0.15, -0.1) is 0 Å². The molecule has 4 nitrogen and oxygen atoms in total. The van der Waals surface area contributed by atoms with Crippen molar-refractivity contribution in [1.29, 1.82) is 0 Å². The predicted octanol–water partition coefficient (Wildman–Crippen LogP) is 1.83. The number of carbonyl (C=O) groups is 1.